The maximum atomic E-state index is 12.2. The van der Waals surface area contributed by atoms with Crippen molar-refractivity contribution in [1.29, 1.82) is 0 Å². The van der Waals surface area contributed by atoms with Crippen LogP contribution < -0.4 is 5.76 Å². The van der Waals surface area contributed by atoms with Crippen LogP contribution >= 0.6 is 0 Å². The molecule has 0 N–H and O–H groups in total. The third-order valence-corrected chi connectivity index (χ3v) is 2.47. The molecule has 0 saturated heterocycles. The summed E-state index contributed by atoms with van der Waals surface area (Å²) in [4.78, 5) is 22.4. The molecular weight excluding hydrogens is 232 g/mol. The number of nitrogens with zero attached hydrogens (tertiary/aromatic N) is 1. The van der Waals surface area contributed by atoms with Crippen LogP contribution in [0, 0.1) is 0 Å². The lowest BCUT2D eigenvalue weighted by atomic mass is 10.1. The van der Waals surface area contributed by atoms with Crippen molar-refractivity contribution in [1.82, 2.24) is 4.57 Å². The second-order valence-corrected chi connectivity index (χ2v) is 3.46. The average molecular weight is 241 g/mol. The molecule has 0 saturated carbocycles. The van der Waals surface area contributed by atoms with Gasteiger partial charge in [0.05, 0.1) is 5.52 Å². The smallest absolute Gasteiger partial charge is 0.408 e. The Hall–Kier alpha value is -1.98. The van der Waals surface area contributed by atoms with Gasteiger partial charge in [-0.05, 0) is 25.1 Å². The molecule has 2 aromatic rings. The van der Waals surface area contributed by atoms with E-state index in [1.54, 1.807) is 6.92 Å². The number of oxazole rings is 1. The van der Waals surface area contributed by atoms with Gasteiger partial charge in [-0.25, -0.2) is 13.6 Å². The molecule has 0 unspecified atom stereocenters. The van der Waals surface area contributed by atoms with E-state index in [9.17, 15) is 18.4 Å². The first-order chi connectivity index (χ1) is 8.04. The van der Waals surface area contributed by atoms with Crippen LogP contribution in [0.3, 0.4) is 0 Å². The average Bonchev–Trinajstić information content (AvgIpc) is 2.61. The number of aromatic nitrogens is 1. The van der Waals surface area contributed by atoms with E-state index in [2.05, 4.69) is 0 Å². The summed E-state index contributed by atoms with van der Waals surface area (Å²) in [5.74, 6) is -1.84. The number of alkyl halides is 2. The Labute approximate surface area is 94.5 Å². The minimum atomic E-state index is -3.06. The summed E-state index contributed by atoms with van der Waals surface area (Å²) in [5.41, 5.74) is 0.469. The van der Waals surface area contributed by atoms with Gasteiger partial charge in [-0.3, -0.25) is 9.36 Å². The second-order valence-electron chi connectivity index (χ2n) is 3.46. The van der Waals surface area contributed by atoms with E-state index in [1.807, 2.05) is 0 Å². The van der Waals surface area contributed by atoms with Crippen LogP contribution in [-0.4, -0.2) is 16.8 Å². The summed E-state index contributed by atoms with van der Waals surface area (Å²) >= 11 is 0. The van der Waals surface area contributed by atoms with Gasteiger partial charge in [0, 0.05) is 12.1 Å². The van der Waals surface area contributed by atoms with E-state index in [1.165, 1.54) is 16.7 Å². The zero-order valence-corrected chi connectivity index (χ0v) is 8.94. The van der Waals surface area contributed by atoms with Crippen LogP contribution in [0.1, 0.15) is 17.3 Å². The molecule has 0 aliphatic rings. The predicted octanol–water partition coefficient (Wildman–Crippen LogP) is 2.06. The van der Waals surface area contributed by atoms with Gasteiger partial charge in [-0.1, -0.05) is 0 Å². The highest BCUT2D eigenvalue weighted by Crippen LogP contribution is 2.17. The summed E-state index contributed by atoms with van der Waals surface area (Å²) < 4.78 is 30.7. The van der Waals surface area contributed by atoms with Gasteiger partial charge in [0.2, 0.25) is 5.78 Å². The molecule has 1 aromatic heterocycles. The van der Waals surface area contributed by atoms with Crippen molar-refractivity contribution in [3.8, 4) is 0 Å². The van der Waals surface area contributed by atoms with Crippen molar-refractivity contribution in [3.63, 3.8) is 0 Å². The maximum absolute atomic E-state index is 12.2. The lowest BCUT2D eigenvalue weighted by Crippen LogP contribution is -2.12. The quantitative estimate of drug-likeness (QED) is 0.773. The largest absolute Gasteiger partial charge is 0.419 e. The number of halogens is 2. The van der Waals surface area contributed by atoms with E-state index >= 15 is 0 Å². The normalized spacial score (nSPS) is 11.3. The van der Waals surface area contributed by atoms with E-state index in [4.69, 9.17) is 4.42 Å². The number of Topliss-reactive ketones (excluding diaryl/α,β-unsaturated/α-hetero) is 1. The van der Waals surface area contributed by atoms with Gasteiger partial charge in [0.1, 0.15) is 0 Å². The molecular formula is C11H9F2NO3. The number of carbonyl (C=O) groups is 1. The Kier molecular flexibility index (Phi) is 2.79. The molecule has 0 aliphatic carbocycles. The van der Waals surface area contributed by atoms with Gasteiger partial charge < -0.3 is 4.42 Å². The first-order valence-corrected chi connectivity index (χ1v) is 5.00. The second kappa shape index (κ2) is 4.12. The van der Waals surface area contributed by atoms with E-state index in [-0.39, 0.29) is 11.1 Å². The van der Waals surface area contributed by atoms with Crippen molar-refractivity contribution < 1.29 is 18.0 Å². The summed E-state index contributed by atoms with van der Waals surface area (Å²) in [7, 11) is 0. The van der Waals surface area contributed by atoms with E-state index in [0.717, 1.165) is 6.07 Å². The summed E-state index contributed by atoms with van der Waals surface area (Å²) in [6, 6.07) is 3.86. The number of ketones is 1. The number of hydrogen-bond donors (Lipinski definition) is 0. The first-order valence-electron chi connectivity index (χ1n) is 5.00. The highest BCUT2D eigenvalue weighted by molar-refractivity contribution is 6.00. The number of aryl methyl sites for hydroxylation is 1. The maximum Gasteiger partial charge on any atom is 0.419 e. The van der Waals surface area contributed by atoms with Crippen molar-refractivity contribution >= 4 is 16.9 Å². The molecule has 6 heteroatoms. The van der Waals surface area contributed by atoms with Crippen LogP contribution in [0.25, 0.3) is 11.1 Å². The van der Waals surface area contributed by atoms with Gasteiger partial charge in [0.15, 0.2) is 5.58 Å². The Bertz CT molecular complexity index is 627. The molecule has 1 heterocycles. The predicted molar refractivity (Wildman–Crippen MR) is 56.5 cm³/mol. The topological polar surface area (TPSA) is 52.2 Å². The van der Waals surface area contributed by atoms with Crippen LogP contribution in [0.2, 0.25) is 0 Å². The number of fused-ring (bicyclic) bond motifs is 1. The molecule has 0 fully saturated rings. The molecule has 4 nitrogen and oxygen atoms in total. The molecule has 90 valence electrons. The van der Waals surface area contributed by atoms with Crippen molar-refractivity contribution in [2.24, 2.45) is 0 Å². The first kappa shape index (κ1) is 11.5. The van der Waals surface area contributed by atoms with Crippen molar-refractivity contribution in [2.45, 2.75) is 19.9 Å². The van der Waals surface area contributed by atoms with Gasteiger partial charge in [-0.2, -0.15) is 0 Å². The van der Waals surface area contributed by atoms with Crippen molar-refractivity contribution in [2.75, 3.05) is 0 Å². The molecule has 0 aliphatic heterocycles. The number of benzene rings is 1. The Balaban J connectivity index is 2.60. The third-order valence-electron chi connectivity index (χ3n) is 2.47. The lowest BCUT2D eigenvalue weighted by Gasteiger charge is -1.99. The molecule has 17 heavy (non-hydrogen) atoms. The molecule has 0 spiro atoms. The van der Waals surface area contributed by atoms with Gasteiger partial charge in [0.25, 0.3) is 0 Å². The minimum absolute atomic E-state index is 0.142. The zero-order chi connectivity index (χ0) is 12.6. The summed E-state index contributed by atoms with van der Waals surface area (Å²) in [6.07, 6.45) is -3.06. The van der Waals surface area contributed by atoms with Crippen LogP contribution in [0.15, 0.2) is 27.4 Å². The molecule has 0 atom stereocenters. The Morgan fingerprint density at radius 3 is 2.76 bits per heavy atom. The number of rotatable bonds is 3. The fourth-order valence-electron chi connectivity index (χ4n) is 1.65. The Morgan fingerprint density at radius 2 is 2.18 bits per heavy atom. The van der Waals surface area contributed by atoms with Crippen LogP contribution in [-0.2, 0) is 6.54 Å². The Morgan fingerprint density at radius 1 is 1.47 bits per heavy atom. The van der Waals surface area contributed by atoms with Gasteiger partial charge in [-0.15, -0.1) is 0 Å². The summed E-state index contributed by atoms with van der Waals surface area (Å²) in [6.45, 7) is 2.17. The SMILES string of the molecule is CCn1c(=O)oc2cc(C(=O)C(F)F)ccc21. The molecule has 2 rings (SSSR count). The highest BCUT2D eigenvalue weighted by Gasteiger charge is 2.19. The minimum Gasteiger partial charge on any atom is -0.408 e. The number of carbonyl (C=O) groups excluding carboxylic acids is 1. The molecule has 0 bridgehead atoms. The molecule has 0 radical (unpaired) electrons. The van der Waals surface area contributed by atoms with E-state index < -0.39 is 18.0 Å². The fraction of sp³-hybridized carbons (Fsp3) is 0.273. The van der Waals surface area contributed by atoms with Crippen molar-refractivity contribution in [3.05, 3.63) is 34.3 Å². The highest BCUT2D eigenvalue weighted by atomic mass is 19.3. The zero-order valence-electron chi connectivity index (χ0n) is 8.94. The molecule has 1 aromatic carbocycles. The standard InChI is InChI=1S/C11H9F2NO3/c1-2-14-7-4-3-6(9(15)10(12)13)5-8(7)17-11(14)16/h3-5,10H,2H2,1H3. The fourth-order valence-corrected chi connectivity index (χ4v) is 1.65. The summed E-state index contributed by atoms with van der Waals surface area (Å²) in [5, 5.41) is 0. The lowest BCUT2D eigenvalue weighted by molar-refractivity contribution is 0.0679. The van der Waals surface area contributed by atoms with Crippen LogP contribution in [0.4, 0.5) is 8.78 Å². The van der Waals surface area contributed by atoms with Crippen LogP contribution in [0.5, 0.6) is 0 Å². The number of hydrogen-bond acceptors (Lipinski definition) is 3. The monoisotopic (exact) mass is 241 g/mol. The van der Waals surface area contributed by atoms with E-state index in [0.29, 0.717) is 12.1 Å². The third kappa shape index (κ3) is 1.86. The van der Waals surface area contributed by atoms with Gasteiger partial charge >= 0.3 is 12.2 Å². The molecule has 0 amide bonds.